The molecular formula is C19H19NO6. The minimum Gasteiger partial charge on any atom is -0.462 e. The summed E-state index contributed by atoms with van der Waals surface area (Å²) >= 11 is 0. The van der Waals surface area contributed by atoms with Gasteiger partial charge in [0, 0.05) is 0 Å². The second-order valence-corrected chi connectivity index (χ2v) is 6.03. The Morgan fingerprint density at radius 3 is 2.35 bits per heavy atom. The van der Waals surface area contributed by atoms with Crippen LogP contribution in [-0.4, -0.2) is 57.7 Å². The zero-order valence-corrected chi connectivity index (χ0v) is 13.8. The van der Waals surface area contributed by atoms with Crippen molar-refractivity contribution in [3.63, 3.8) is 0 Å². The Bertz CT molecular complexity index is 785. The summed E-state index contributed by atoms with van der Waals surface area (Å²) in [4.78, 5) is 0. The maximum Gasteiger partial charge on any atom is 0.229 e. The van der Waals surface area contributed by atoms with E-state index in [9.17, 15) is 20.4 Å². The van der Waals surface area contributed by atoms with E-state index in [1.54, 1.807) is 42.5 Å². The van der Waals surface area contributed by atoms with Gasteiger partial charge in [-0.3, -0.25) is 0 Å². The molecule has 0 saturated carbocycles. The van der Waals surface area contributed by atoms with Gasteiger partial charge in [0.15, 0.2) is 0 Å². The lowest BCUT2D eigenvalue weighted by Gasteiger charge is -2.39. The minimum absolute atomic E-state index is 0.384. The number of nitriles is 1. The zero-order chi connectivity index (χ0) is 18.7. The first-order valence-electron chi connectivity index (χ1n) is 8.11. The molecule has 0 unspecified atom stereocenters. The first kappa shape index (κ1) is 18.3. The lowest BCUT2D eigenvalue weighted by atomic mass is 9.99. The monoisotopic (exact) mass is 357 g/mol. The number of ether oxygens (including phenoxy) is 2. The number of rotatable bonds is 4. The molecule has 1 aliphatic heterocycles. The molecule has 1 fully saturated rings. The summed E-state index contributed by atoms with van der Waals surface area (Å²) in [6.07, 6.45) is -6.62. The van der Waals surface area contributed by atoms with Crippen LogP contribution in [-0.2, 0) is 4.74 Å². The molecule has 4 N–H and O–H groups in total. The summed E-state index contributed by atoms with van der Waals surface area (Å²) in [5, 5.41) is 47.7. The van der Waals surface area contributed by atoms with E-state index in [1.165, 1.54) is 0 Å². The molecule has 1 saturated heterocycles. The highest BCUT2D eigenvalue weighted by Gasteiger charge is 2.44. The summed E-state index contributed by atoms with van der Waals surface area (Å²) in [6.45, 7) is -0.515. The van der Waals surface area contributed by atoms with E-state index in [4.69, 9.17) is 14.7 Å². The van der Waals surface area contributed by atoms with Crippen molar-refractivity contribution in [1.82, 2.24) is 0 Å². The van der Waals surface area contributed by atoms with Crippen LogP contribution in [0.2, 0.25) is 0 Å². The van der Waals surface area contributed by atoms with Crippen LogP contribution in [0.15, 0.2) is 48.5 Å². The van der Waals surface area contributed by atoms with Gasteiger partial charge in [0.05, 0.1) is 18.2 Å². The van der Waals surface area contributed by atoms with E-state index >= 15 is 0 Å². The van der Waals surface area contributed by atoms with E-state index in [-0.39, 0.29) is 0 Å². The highest BCUT2D eigenvalue weighted by molar-refractivity contribution is 5.65. The number of nitrogens with zero attached hydrogens (tertiary/aromatic N) is 1. The second kappa shape index (κ2) is 7.83. The van der Waals surface area contributed by atoms with Gasteiger partial charge in [-0.1, -0.05) is 24.3 Å². The Labute approximate surface area is 150 Å². The first-order valence-corrected chi connectivity index (χ1v) is 8.11. The largest absolute Gasteiger partial charge is 0.462 e. The Morgan fingerprint density at radius 2 is 1.69 bits per heavy atom. The maximum absolute atomic E-state index is 10.0. The molecule has 0 spiro atoms. The topological polar surface area (TPSA) is 123 Å². The fraction of sp³-hybridized carbons (Fsp3) is 0.316. The second-order valence-electron chi connectivity index (χ2n) is 6.03. The number of aliphatic hydroxyl groups excluding tert-OH is 4. The number of benzene rings is 2. The average molecular weight is 357 g/mol. The first-order chi connectivity index (χ1) is 12.5. The molecule has 7 nitrogen and oxygen atoms in total. The van der Waals surface area contributed by atoms with Gasteiger partial charge in [-0.25, -0.2) is 0 Å². The van der Waals surface area contributed by atoms with Crippen molar-refractivity contribution in [2.45, 2.75) is 30.7 Å². The van der Waals surface area contributed by atoms with Gasteiger partial charge >= 0.3 is 0 Å². The SMILES string of the molecule is N#Cc1cccc(-c2ccc(O[C@H]3O[C@H](CO)[C@@H](O)[C@H](O)[C@@H]3O)cc2)c1. The highest BCUT2D eigenvalue weighted by Crippen LogP contribution is 2.27. The molecule has 0 radical (unpaired) electrons. The third-order valence-corrected chi connectivity index (χ3v) is 4.28. The highest BCUT2D eigenvalue weighted by atomic mass is 16.7. The van der Waals surface area contributed by atoms with E-state index in [2.05, 4.69) is 6.07 Å². The molecule has 7 heteroatoms. The van der Waals surface area contributed by atoms with Crippen molar-refractivity contribution in [3.05, 3.63) is 54.1 Å². The molecule has 0 aromatic heterocycles. The van der Waals surface area contributed by atoms with E-state index in [0.717, 1.165) is 11.1 Å². The molecule has 3 rings (SSSR count). The van der Waals surface area contributed by atoms with Gasteiger partial charge in [0.25, 0.3) is 0 Å². The Hall–Kier alpha value is -2.47. The smallest absolute Gasteiger partial charge is 0.229 e. The van der Waals surface area contributed by atoms with Crippen molar-refractivity contribution in [2.24, 2.45) is 0 Å². The molecule has 2 aromatic rings. The van der Waals surface area contributed by atoms with Crippen LogP contribution >= 0.6 is 0 Å². The molecule has 2 aromatic carbocycles. The number of hydrogen-bond acceptors (Lipinski definition) is 7. The molecule has 0 amide bonds. The van der Waals surface area contributed by atoms with Gasteiger partial charge in [-0.2, -0.15) is 5.26 Å². The van der Waals surface area contributed by atoms with Gasteiger partial charge in [-0.15, -0.1) is 0 Å². The van der Waals surface area contributed by atoms with E-state index in [0.29, 0.717) is 11.3 Å². The maximum atomic E-state index is 10.0. The van der Waals surface area contributed by atoms with E-state index in [1.807, 2.05) is 6.07 Å². The Morgan fingerprint density at radius 1 is 0.962 bits per heavy atom. The third-order valence-electron chi connectivity index (χ3n) is 4.28. The summed E-state index contributed by atoms with van der Waals surface area (Å²) in [5.74, 6) is 0.384. The van der Waals surface area contributed by atoms with Gasteiger partial charge in [0.1, 0.15) is 30.2 Å². The molecule has 5 atom stereocenters. The Balaban J connectivity index is 1.74. The molecule has 0 aliphatic carbocycles. The zero-order valence-electron chi connectivity index (χ0n) is 13.8. The van der Waals surface area contributed by atoms with Gasteiger partial charge < -0.3 is 29.9 Å². The predicted octanol–water partition coefficient (Wildman–Crippen LogP) is 0.404. The van der Waals surface area contributed by atoms with Crippen molar-refractivity contribution < 1.29 is 29.9 Å². The molecule has 0 bridgehead atoms. The lowest BCUT2D eigenvalue weighted by molar-refractivity contribution is -0.277. The molecule has 1 heterocycles. The van der Waals surface area contributed by atoms with Crippen molar-refractivity contribution in [2.75, 3.05) is 6.61 Å². The van der Waals surface area contributed by atoms with Crippen LogP contribution in [0, 0.1) is 11.3 Å². The lowest BCUT2D eigenvalue weighted by Crippen LogP contribution is -2.60. The minimum atomic E-state index is -1.49. The molecule has 136 valence electrons. The quantitative estimate of drug-likeness (QED) is 0.625. The average Bonchev–Trinajstić information content (AvgIpc) is 2.69. The summed E-state index contributed by atoms with van der Waals surface area (Å²) in [5.41, 5.74) is 2.32. The summed E-state index contributed by atoms with van der Waals surface area (Å²) in [6, 6.07) is 16.2. The number of aliphatic hydroxyl groups is 4. The van der Waals surface area contributed by atoms with Gasteiger partial charge in [0.2, 0.25) is 6.29 Å². The normalized spacial score (nSPS) is 28.3. The molecule has 1 aliphatic rings. The number of hydrogen-bond donors (Lipinski definition) is 4. The van der Waals surface area contributed by atoms with Crippen LogP contribution in [0.25, 0.3) is 11.1 Å². The standard InChI is InChI=1S/C19H19NO6/c20-9-11-2-1-3-13(8-11)12-4-6-14(7-5-12)25-19-18(24)17(23)16(22)15(10-21)26-19/h1-8,15-19,21-24H,10H2/t15-,16-,17+,18+,19+/m1/s1. The van der Waals surface area contributed by atoms with Gasteiger partial charge in [-0.05, 0) is 35.4 Å². The fourth-order valence-electron chi connectivity index (χ4n) is 2.79. The van der Waals surface area contributed by atoms with Crippen LogP contribution in [0.3, 0.4) is 0 Å². The van der Waals surface area contributed by atoms with Crippen molar-refractivity contribution in [3.8, 4) is 22.9 Å². The predicted molar refractivity (Wildman–Crippen MR) is 91.0 cm³/mol. The summed E-state index contributed by atoms with van der Waals surface area (Å²) < 4.78 is 10.9. The van der Waals surface area contributed by atoms with Crippen molar-refractivity contribution >= 4 is 0 Å². The van der Waals surface area contributed by atoms with Crippen LogP contribution < -0.4 is 4.74 Å². The van der Waals surface area contributed by atoms with Crippen LogP contribution in [0.1, 0.15) is 5.56 Å². The summed E-state index contributed by atoms with van der Waals surface area (Å²) in [7, 11) is 0. The third kappa shape index (κ3) is 3.70. The molecule has 26 heavy (non-hydrogen) atoms. The van der Waals surface area contributed by atoms with Crippen LogP contribution in [0.5, 0.6) is 5.75 Å². The van der Waals surface area contributed by atoms with Crippen molar-refractivity contribution in [1.29, 1.82) is 5.26 Å². The molecular weight excluding hydrogens is 338 g/mol. The fourth-order valence-corrected chi connectivity index (χ4v) is 2.79. The van der Waals surface area contributed by atoms with E-state index < -0.39 is 37.3 Å². The Kier molecular flexibility index (Phi) is 5.52. The van der Waals surface area contributed by atoms with Crippen LogP contribution in [0.4, 0.5) is 0 Å².